The molecule has 0 spiro atoms. The number of aryl methyl sites for hydroxylation is 1. The van der Waals surface area contributed by atoms with Crippen LogP contribution in [0.2, 0.25) is 0 Å². The topological polar surface area (TPSA) is 66.0 Å². The number of halogens is 1. The van der Waals surface area contributed by atoms with Crippen molar-refractivity contribution < 1.29 is 4.39 Å². The molecule has 0 saturated carbocycles. The second kappa shape index (κ2) is 6.45. The van der Waals surface area contributed by atoms with Crippen LogP contribution in [0.3, 0.4) is 0 Å². The Labute approximate surface area is 160 Å². The summed E-state index contributed by atoms with van der Waals surface area (Å²) < 4.78 is 16.8. The SMILES string of the molecule is Cn1cc(-c2nc3cc(F)c(N4CCNCC4)cc3[nH]c2=O)c2ccccc21. The van der Waals surface area contributed by atoms with Crippen LogP contribution >= 0.6 is 0 Å². The molecular weight excluding hydrogens is 357 g/mol. The van der Waals surface area contributed by atoms with E-state index in [0.29, 0.717) is 22.4 Å². The Hall–Kier alpha value is -3.19. The van der Waals surface area contributed by atoms with Crippen LogP contribution in [0.15, 0.2) is 47.4 Å². The summed E-state index contributed by atoms with van der Waals surface area (Å²) >= 11 is 0. The van der Waals surface area contributed by atoms with Gasteiger partial charge in [-0.05, 0) is 12.1 Å². The standard InChI is InChI=1S/C21H20FN5O/c1-26-12-14(13-4-2-3-5-18(13)26)20-21(28)25-17-11-19(15(22)10-16(17)24-20)27-8-6-23-7-9-27/h2-5,10-12,23H,6-9H2,1H3,(H,25,28). The maximum absolute atomic E-state index is 14.8. The van der Waals surface area contributed by atoms with Gasteiger partial charge in [0.1, 0.15) is 11.5 Å². The first-order valence-electron chi connectivity index (χ1n) is 9.35. The highest BCUT2D eigenvalue weighted by molar-refractivity contribution is 5.96. The lowest BCUT2D eigenvalue weighted by Gasteiger charge is -2.29. The van der Waals surface area contributed by atoms with E-state index in [1.807, 2.05) is 47.0 Å². The maximum Gasteiger partial charge on any atom is 0.275 e. The van der Waals surface area contributed by atoms with Crippen LogP contribution in [0.5, 0.6) is 0 Å². The molecule has 0 radical (unpaired) electrons. The van der Waals surface area contributed by atoms with E-state index < -0.39 is 0 Å². The number of nitrogens with zero attached hydrogens (tertiary/aromatic N) is 3. The fraction of sp³-hybridized carbons (Fsp3) is 0.238. The van der Waals surface area contributed by atoms with E-state index in [9.17, 15) is 9.18 Å². The number of nitrogens with one attached hydrogen (secondary N) is 2. The molecule has 4 aromatic rings. The van der Waals surface area contributed by atoms with Gasteiger partial charge in [0.05, 0.1) is 16.7 Å². The summed E-state index contributed by atoms with van der Waals surface area (Å²) in [5.74, 6) is -0.321. The van der Waals surface area contributed by atoms with Gasteiger partial charge >= 0.3 is 0 Å². The number of H-pyrrole nitrogens is 1. The summed E-state index contributed by atoms with van der Waals surface area (Å²) in [6, 6.07) is 10.9. The minimum absolute atomic E-state index is 0.276. The van der Waals surface area contributed by atoms with Crippen LogP contribution in [-0.2, 0) is 7.05 Å². The molecule has 142 valence electrons. The zero-order chi connectivity index (χ0) is 19.3. The fourth-order valence-electron chi connectivity index (χ4n) is 3.96. The van der Waals surface area contributed by atoms with Crippen molar-refractivity contribution in [3.05, 3.63) is 58.8 Å². The van der Waals surface area contributed by atoms with Crippen molar-refractivity contribution in [2.75, 3.05) is 31.1 Å². The van der Waals surface area contributed by atoms with E-state index in [0.717, 1.165) is 42.6 Å². The van der Waals surface area contributed by atoms with Crippen LogP contribution in [-0.4, -0.2) is 40.7 Å². The van der Waals surface area contributed by atoms with Crippen molar-refractivity contribution in [1.82, 2.24) is 19.9 Å². The molecule has 1 aliphatic heterocycles. The smallest absolute Gasteiger partial charge is 0.275 e. The largest absolute Gasteiger partial charge is 0.367 e. The molecule has 2 aromatic heterocycles. The Balaban J connectivity index is 1.67. The van der Waals surface area contributed by atoms with Crippen molar-refractivity contribution in [3.8, 4) is 11.3 Å². The molecule has 1 saturated heterocycles. The number of anilines is 1. The van der Waals surface area contributed by atoms with Gasteiger partial charge in [0.2, 0.25) is 0 Å². The third kappa shape index (κ3) is 2.66. The molecule has 0 unspecified atom stereocenters. The van der Waals surface area contributed by atoms with Crippen molar-refractivity contribution in [3.63, 3.8) is 0 Å². The first-order valence-corrected chi connectivity index (χ1v) is 9.35. The molecule has 0 aliphatic carbocycles. The lowest BCUT2D eigenvalue weighted by Crippen LogP contribution is -2.43. The highest BCUT2D eigenvalue weighted by atomic mass is 19.1. The summed E-state index contributed by atoms with van der Waals surface area (Å²) in [5.41, 5.74) is 3.28. The van der Waals surface area contributed by atoms with Crippen LogP contribution in [0.4, 0.5) is 10.1 Å². The van der Waals surface area contributed by atoms with Crippen molar-refractivity contribution in [2.24, 2.45) is 7.05 Å². The normalized spacial score (nSPS) is 14.9. The fourth-order valence-corrected chi connectivity index (χ4v) is 3.96. The van der Waals surface area contributed by atoms with E-state index in [2.05, 4.69) is 15.3 Å². The van der Waals surface area contributed by atoms with Gasteiger partial charge in [-0.1, -0.05) is 18.2 Å². The second-order valence-corrected chi connectivity index (χ2v) is 7.14. The van der Waals surface area contributed by atoms with Crippen LogP contribution < -0.4 is 15.8 Å². The predicted molar refractivity (Wildman–Crippen MR) is 109 cm³/mol. The zero-order valence-corrected chi connectivity index (χ0v) is 15.5. The second-order valence-electron chi connectivity index (χ2n) is 7.14. The van der Waals surface area contributed by atoms with Crippen molar-refractivity contribution in [1.29, 1.82) is 0 Å². The molecule has 0 atom stereocenters. The van der Waals surface area contributed by atoms with Gasteiger partial charge in [-0.15, -0.1) is 0 Å². The van der Waals surface area contributed by atoms with E-state index >= 15 is 0 Å². The van der Waals surface area contributed by atoms with Gasteiger partial charge < -0.3 is 19.8 Å². The van der Waals surface area contributed by atoms with Gasteiger partial charge in [0.25, 0.3) is 5.56 Å². The highest BCUT2D eigenvalue weighted by Gasteiger charge is 2.18. The summed E-state index contributed by atoms with van der Waals surface area (Å²) in [7, 11) is 1.93. The number of benzene rings is 2. The Morgan fingerprint density at radius 1 is 1.14 bits per heavy atom. The third-order valence-electron chi connectivity index (χ3n) is 5.37. The van der Waals surface area contributed by atoms with E-state index in [1.54, 1.807) is 6.07 Å². The average Bonchev–Trinajstić information content (AvgIpc) is 3.05. The van der Waals surface area contributed by atoms with E-state index in [4.69, 9.17) is 0 Å². The minimum Gasteiger partial charge on any atom is -0.367 e. The monoisotopic (exact) mass is 377 g/mol. The molecule has 2 N–H and O–H groups in total. The Bertz CT molecular complexity index is 1250. The molecular formula is C21H20FN5O. The van der Waals surface area contributed by atoms with Gasteiger partial charge in [0, 0.05) is 62.0 Å². The summed E-state index contributed by atoms with van der Waals surface area (Å²) in [4.78, 5) is 22.2. The predicted octanol–water partition coefficient (Wildman–Crippen LogP) is 2.63. The zero-order valence-electron chi connectivity index (χ0n) is 15.5. The average molecular weight is 377 g/mol. The van der Waals surface area contributed by atoms with Crippen LogP contribution in [0.1, 0.15) is 0 Å². The summed E-state index contributed by atoms with van der Waals surface area (Å²) in [5, 5.41) is 4.20. The van der Waals surface area contributed by atoms with Gasteiger partial charge in [-0.3, -0.25) is 4.79 Å². The third-order valence-corrected chi connectivity index (χ3v) is 5.37. The van der Waals surface area contributed by atoms with Crippen LogP contribution in [0, 0.1) is 5.82 Å². The molecule has 6 nitrogen and oxygen atoms in total. The number of hydrogen-bond donors (Lipinski definition) is 2. The Morgan fingerprint density at radius 2 is 1.93 bits per heavy atom. The molecule has 28 heavy (non-hydrogen) atoms. The minimum atomic E-state index is -0.321. The summed E-state index contributed by atoms with van der Waals surface area (Å²) in [6.45, 7) is 3.08. The number of aromatic amines is 1. The molecule has 1 fully saturated rings. The number of aromatic nitrogens is 3. The number of para-hydroxylation sites is 1. The van der Waals surface area contributed by atoms with Crippen molar-refractivity contribution in [2.45, 2.75) is 0 Å². The van der Waals surface area contributed by atoms with Gasteiger partial charge in [0.15, 0.2) is 0 Å². The number of piperazine rings is 1. The molecule has 5 rings (SSSR count). The molecule has 7 heteroatoms. The number of fused-ring (bicyclic) bond motifs is 2. The highest BCUT2D eigenvalue weighted by Crippen LogP contribution is 2.29. The lowest BCUT2D eigenvalue weighted by atomic mass is 10.1. The van der Waals surface area contributed by atoms with Crippen LogP contribution in [0.25, 0.3) is 33.2 Å². The van der Waals surface area contributed by atoms with Gasteiger partial charge in [-0.25, -0.2) is 9.37 Å². The maximum atomic E-state index is 14.8. The Kier molecular flexibility index (Phi) is 3.91. The quantitative estimate of drug-likeness (QED) is 0.564. The van der Waals surface area contributed by atoms with Gasteiger partial charge in [-0.2, -0.15) is 0 Å². The lowest BCUT2D eigenvalue weighted by molar-refractivity contribution is 0.567. The van der Waals surface area contributed by atoms with E-state index in [1.165, 1.54) is 6.07 Å². The molecule has 2 aromatic carbocycles. The molecule has 1 aliphatic rings. The Morgan fingerprint density at radius 3 is 2.75 bits per heavy atom. The molecule has 3 heterocycles. The molecule has 0 bridgehead atoms. The number of rotatable bonds is 2. The summed E-state index contributed by atoms with van der Waals surface area (Å²) in [6.07, 6.45) is 1.89. The van der Waals surface area contributed by atoms with Crippen molar-refractivity contribution >= 4 is 27.6 Å². The first kappa shape index (κ1) is 16.9. The number of hydrogen-bond acceptors (Lipinski definition) is 4. The molecule has 0 amide bonds. The van der Waals surface area contributed by atoms with E-state index in [-0.39, 0.29) is 11.4 Å². The first-order chi connectivity index (χ1) is 13.6.